The number of carbonyl (C=O) groups excluding carboxylic acids is 2. The molecule has 2 aliphatic rings. The largest absolute Gasteiger partial charge is 0.377 e. The maximum Gasteiger partial charge on any atom is 0.294 e. The maximum absolute atomic E-state index is 13.1. The number of imide groups is 1. The molecule has 12 heteroatoms. The first-order valence-electron chi connectivity index (χ1n) is 13.4. The van der Waals surface area contributed by atoms with Crippen LogP contribution in [0.4, 0.5) is 21.9 Å². The smallest absolute Gasteiger partial charge is 0.294 e. The second-order valence-electron chi connectivity index (χ2n) is 10.3. The summed E-state index contributed by atoms with van der Waals surface area (Å²) in [6, 6.07) is 13.0. The fraction of sp³-hybridized carbons (Fsp3) is 0.310. The first-order valence-corrected chi connectivity index (χ1v) is 14.2. The molecule has 0 spiro atoms. The molecule has 0 radical (unpaired) electrons. The van der Waals surface area contributed by atoms with Gasteiger partial charge in [0.05, 0.1) is 27.0 Å². The van der Waals surface area contributed by atoms with E-state index in [2.05, 4.69) is 5.32 Å². The quantitative estimate of drug-likeness (QED) is 0.174. The van der Waals surface area contributed by atoms with E-state index < -0.39 is 16.1 Å². The highest BCUT2D eigenvalue weighted by molar-refractivity contribution is 8.18. The molecule has 2 aromatic carbocycles. The zero-order valence-corrected chi connectivity index (χ0v) is 23.5. The van der Waals surface area contributed by atoms with Crippen molar-refractivity contribution in [2.75, 3.05) is 5.32 Å². The van der Waals surface area contributed by atoms with Crippen LogP contribution in [0.1, 0.15) is 54.6 Å². The van der Waals surface area contributed by atoms with E-state index in [-0.39, 0.29) is 33.8 Å². The molecule has 0 bridgehead atoms. The van der Waals surface area contributed by atoms with E-state index in [1.54, 1.807) is 18.2 Å². The second kappa shape index (κ2) is 11.6. The Morgan fingerprint density at radius 3 is 2.34 bits per heavy atom. The molecule has 5 rings (SSSR count). The van der Waals surface area contributed by atoms with Crippen LogP contribution in [0.25, 0.3) is 11.8 Å². The standard InChI is InChI=1S/C29H29N5O6S/c1-18-14-21(15-27-28(35)31(29(36)41-27)17-20-8-10-23(11-9-20)33(37)38)19(2)32(18)24-12-13-25(26(16-24)34(39)40)30-22-6-4-3-5-7-22/h8-16,22,30H,3-7,17H2,1-2H3/b27-15-. The summed E-state index contributed by atoms with van der Waals surface area (Å²) in [5, 5.41) is 25.8. The van der Waals surface area contributed by atoms with Crippen molar-refractivity contribution in [2.24, 2.45) is 0 Å². The zero-order valence-electron chi connectivity index (χ0n) is 22.7. The van der Waals surface area contributed by atoms with Crippen LogP contribution in [-0.2, 0) is 11.3 Å². The summed E-state index contributed by atoms with van der Waals surface area (Å²) in [7, 11) is 0. The number of aryl methyl sites for hydroxylation is 1. The third kappa shape index (κ3) is 5.87. The molecule has 1 N–H and O–H groups in total. The van der Waals surface area contributed by atoms with Gasteiger partial charge in [-0.25, -0.2) is 0 Å². The summed E-state index contributed by atoms with van der Waals surface area (Å²) in [5.74, 6) is -0.447. The van der Waals surface area contributed by atoms with E-state index in [1.165, 1.54) is 30.7 Å². The predicted molar refractivity (Wildman–Crippen MR) is 157 cm³/mol. The number of nitro groups is 2. The molecule has 41 heavy (non-hydrogen) atoms. The first-order chi connectivity index (χ1) is 19.6. The molecule has 2 fully saturated rings. The number of rotatable bonds is 8. The van der Waals surface area contributed by atoms with Crippen molar-refractivity contribution in [1.82, 2.24) is 9.47 Å². The zero-order chi connectivity index (χ0) is 29.3. The lowest BCUT2D eigenvalue weighted by molar-refractivity contribution is -0.384. The molecule has 1 saturated heterocycles. The highest BCUT2D eigenvalue weighted by atomic mass is 32.2. The Labute approximate surface area is 240 Å². The lowest BCUT2D eigenvalue weighted by atomic mass is 9.95. The number of hydrogen-bond donors (Lipinski definition) is 1. The predicted octanol–water partition coefficient (Wildman–Crippen LogP) is 6.89. The van der Waals surface area contributed by atoms with E-state index in [9.17, 15) is 29.8 Å². The molecule has 2 heterocycles. The molecule has 212 valence electrons. The fourth-order valence-corrected chi connectivity index (χ4v) is 6.24. The SMILES string of the molecule is Cc1cc(/C=C2\SC(=O)N(Cc3ccc([N+](=O)[O-])cc3)C2=O)c(C)n1-c1ccc(NC2CCCCC2)c([N+](=O)[O-])c1. The number of thioether (sulfide) groups is 1. The summed E-state index contributed by atoms with van der Waals surface area (Å²) in [6.07, 6.45) is 7.08. The van der Waals surface area contributed by atoms with Gasteiger partial charge in [-0.15, -0.1) is 0 Å². The van der Waals surface area contributed by atoms with Crippen molar-refractivity contribution in [3.8, 4) is 5.69 Å². The van der Waals surface area contributed by atoms with E-state index in [0.717, 1.165) is 59.3 Å². The first kappa shape index (κ1) is 28.1. The third-order valence-electron chi connectivity index (χ3n) is 7.52. The van der Waals surface area contributed by atoms with Crippen LogP contribution in [0.2, 0.25) is 0 Å². The van der Waals surface area contributed by atoms with E-state index in [1.807, 2.05) is 30.5 Å². The van der Waals surface area contributed by atoms with Crippen molar-refractivity contribution in [1.29, 1.82) is 0 Å². The number of anilines is 1. The summed E-state index contributed by atoms with van der Waals surface area (Å²) in [6.45, 7) is 3.74. The third-order valence-corrected chi connectivity index (χ3v) is 8.43. The number of non-ortho nitro benzene ring substituents is 1. The molecule has 1 aromatic heterocycles. The van der Waals surface area contributed by atoms with Crippen molar-refractivity contribution in [3.63, 3.8) is 0 Å². The lowest BCUT2D eigenvalue weighted by Gasteiger charge is -2.24. The Bertz CT molecular complexity index is 1570. The molecule has 0 unspecified atom stereocenters. The van der Waals surface area contributed by atoms with Crippen LogP contribution >= 0.6 is 11.8 Å². The van der Waals surface area contributed by atoms with Crippen LogP contribution in [0.15, 0.2) is 53.4 Å². The molecular formula is C29H29N5O6S. The number of nitro benzene ring substituents is 2. The average molecular weight is 576 g/mol. The Morgan fingerprint density at radius 1 is 0.976 bits per heavy atom. The van der Waals surface area contributed by atoms with Gasteiger partial charge >= 0.3 is 0 Å². The van der Waals surface area contributed by atoms with Gasteiger partial charge in [-0.1, -0.05) is 31.4 Å². The topological polar surface area (TPSA) is 141 Å². The number of carbonyl (C=O) groups is 2. The monoisotopic (exact) mass is 575 g/mol. The molecule has 1 aliphatic heterocycles. The Hall–Kier alpha value is -4.45. The van der Waals surface area contributed by atoms with E-state index in [4.69, 9.17) is 0 Å². The number of nitrogens with one attached hydrogen (secondary N) is 1. The molecule has 2 amide bonds. The van der Waals surface area contributed by atoms with Crippen LogP contribution in [0, 0.1) is 34.1 Å². The number of amides is 2. The highest BCUT2D eigenvalue weighted by Gasteiger charge is 2.35. The van der Waals surface area contributed by atoms with Gasteiger partial charge in [0.1, 0.15) is 5.69 Å². The molecule has 0 atom stereocenters. The summed E-state index contributed by atoms with van der Waals surface area (Å²) >= 11 is 0.832. The van der Waals surface area contributed by atoms with Crippen molar-refractivity contribution in [3.05, 3.63) is 96.2 Å². The van der Waals surface area contributed by atoms with Crippen molar-refractivity contribution < 1.29 is 19.4 Å². The minimum atomic E-state index is -0.510. The molecular weight excluding hydrogens is 546 g/mol. The van der Waals surface area contributed by atoms with Gasteiger partial charge in [0.2, 0.25) is 0 Å². The number of hydrogen-bond acceptors (Lipinski definition) is 8. The maximum atomic E-state index is 13.1. The Morgan fingerprint density at radius 2 is 1.68 bits per heavy atom. The summed E-state index contributed by atoms with van der Waals surface area (Å²) in [5.41, 5.74) is 3.98. The van der Waals surface area contributed by atoms with E-state index in [0.29, 0.717) is 16.9 Å². The van der Waals surface area contributed by atoms with Gasteiger partial charge < -0.3 is 9.88 Å². The van der Waals surface area contributed by atoms with Crippen LogP contribution < -0.4 is 5.32 Å². The molecule has 11 nitrogen and oxygen atoms in total. The minimum Gasteiger partial charge on any atom is -0.377 e. The molecule has 3 aromatic rings. The highest BCUT2D eigenvalue weighted by Crippen LogP contribution is 2.36. The fourth-order valence-electron chi connectivity index (χ4n) is 5.41. The van der Waals surface area contributed by atoms with Gasteiger partial charge in [0.25, 0.3) is 22.5 Å². The van der Waals surface area contributed by atoms with Crippen LogP contribution in [0.5, 0.6) is 0 Å². The van der Waals surface area contributed by atoms with Gasteiger partial charge in [0.15, 0.2) is 0 Å². The molecule has 1 aliphatic carbocycles. The van der Waals surface area contributed by atoms with Gasteiger partial charge in [-0.3, -0.25) is 34.7 Å². The lowest BCUT2D eigenvalue weighted by Crippen LogP contribution is -2.27. The van der Waals surface area contributed by atoms with E-state index >= 15 is 0 Å². The average Bonchev–Trinajstić information content (AvgIpc) is 3.38. The Kier molecular flexibility index (Phi) is 7.93. The van der Waals surface area contributed by atoms with Gasteiger partial charge in [-0.05, 0) is 73.9 Å². The minimum absolute atomic E-state index is 0.00390. The van der Waals surface area contributed by atoms with Crippen LogP contribution in [-0.4, -0.2) is 36.5 Å². The second-order valence-corrected chi connectivity index (χ2v) is 11.3. The normalized spacial score (nSPS) is 16.9. The van der Waals surface area contributed by atoms with Crippen molar-refractivity contribution >= 4 is 46.0 Å². The molecule has 1 saturated carbocycles. The summed E-state index contributed by atoms with van der Waals surface area (Å²) < 4.78 is 1.89. The Balaban J connectivity index is 1.38. The number of nitrogens with zero attached hydrogens (tertiary/aromatic N) is 4. The van der Waals surface area contributed by atoms with Gasteiger partial charge in [-0.2, -0.15) is 0 Å². The summed E-state index contributed by atoms with van der Waals surface area (Å²) in [4.78, 5) is 49.1. The van der Waals surface area contributed by atoms with Crippen LogP contribution in [0.3, 0.4) is 0 Å². The van der Waals surface area contributed by atoms with Crippen molar-refractivity contribution in [2.45, 2.75) is 58.5 Å². The number of aromatic nitrogens is 1. The van der Waals surface area contributed by atoms with Gasteiger partial charge in [0, 0.05) is 35.6 Å². The number of benzene rings is 2.